The minimum absolute atomic E-state index is 0.0785. The van der Waals surface area contributed by atoms with Crippen molar-refractivity contribution in [2.75, 3.05) is 19.0 Å². The van der Waals surface area contributed by atoms with Crippen LogP contribution in [0.2, 0.25) is 0 Å². The smallest absolute Gasteiger partial charge is 0.209 e. The van der Waals surface area contributed by atoms with E-state index in [4.69, 9.17) is 0 Å². The summed E-state index contributed by atoms with van der Waals surface area (Å²) in [7, 11) is 3.93. The molecule has 2 aromatic carbocycles. The number of rotatable bonds is 2. The van der Waals surface area contributed by atoms with Gasteiger partial charge < -0.3 is 9.80 Å². The van der Waals surface area contributed by atoms with Gasteiger partial charge in [-0.2, -0.15) is 0 Å². The lowest BCUT2D eigenvalue weighted by Gasteiger charge is -2.26. The van der Waals surface area contributed by atoms with Crippen LogP contribution in [-0.4, -0.2) is 25.4 Å². The summed E-state index contributed by atoms with van der Waals surface area (Å²) in [6, 6.07) is 16.8. The fourth-order valence-electron chi connectivity index (χ4n) is 2.97. The highest BCUT2D eigenvalue weighted by molar-refractivity contribution is 5.71. The number of nitrogens with zero attached hydrogens (tertiary/aromatic N) is 2. The number of amides is 1. The van der Waals surface area contributed by atoms with Gasteiger partial charge in [-0.25, -0.2) is 0 Å². The van der Waals surface area contributed by atoms with E-state index in [1.807, 2.05) is 19.2 Å². The summed E-state index contributed by atoms with van der Waals surface area (Å²) in [5.41, 5.74) is 4.84. The molecule has 0 bridgehead atoms. The Bertz CT molecular complexity index is 638. The van der Waals surface area contributed by atoms with Gasteiger partial charge in [0.2, 0.25) is 6.41 Å². The normalized spacial score (nSPS) is 16.9. The first-order valence-electron chi connectivity index (χ1n) is 6.80. The third-order valence-corrected chi connectivity index (χ3v) is 4.08. The Kier molecular flexibility index (Phi) is 3.18. The molecule has 1 amide bonds. The Morgan fingerprint density at radius 2 is 1.75 bits per heavy atom. The fraction of sp³-hybridized carbons (Fsp3) is 0.235. The zero-order valence-corrected chi connectivity index (χ0v) is 11.8. The second-order valence-electron chi connectivity index (χ2n) is 5.24. The standard InChI is InChI=1S/C17H18N2O/c1-18(12-20)17-11-13-7-3-5-9-15(13)19(2)16-10-6-4-8-14(16)17/h3-10,12,17H,11H2,1-2H3. The predicted octanol–water partition coefficient (Wildman–Crippen LogP) is 3.14. The Morgan fingerprint density at radius 3 is 2.50 bits per heavy atom. The van der Waals surface area contributed by atoms with Crippen molar-refractivity contribution in [1.29, 1.82) is 0 Å². The molecule has 0 saturated carbocycles. The van der Waals surface area contributed by atoms with E-state index in [2.05, 4.69) is 48.3 Å². The monoisotopic (exact) mass is 266 g/mol. The quantitative estimate of drug-likeness (QED) is 0.780. The molecule has 0 aromatic heterocycles. The molecule has 1 atom stereocenters. The molecule has 0 spiro atoms. The first kappa shape index (κ1) is 12.7. The van der Waals surface area contributed by atoms with Crippen LogP contribution in [-0.2, 0) is 11.2 Å². The highest BCUT2D eigenvalue weighted by atomic mass is 16.1. The van der Waals surface area contributed by atoms with Gasteiger partial charge in [0.05, 0.1) is 6.04 Å². The fourth-order valence-corrected chi connectivity index (χ4v) is 2.97. The second kappa shape index (κ2) is 5.00. The Morgan fingerprint density at radius 1 is 1.10 bits per heavy atom. The molecule has 1 aliphatic rings. The summed E-state index contributed by atoms with van der Waals surface area (Å²) in [5, 5.41) is 0. The third kappa shape index (κ3) is 1.95. The molecule has 1 unspecified atom stereocenters. The summed E-state index contributed by atoms with van der Waals surface area (Å²) >= 11 is 0. The number of carbonyl (C=O) groups excluding carboxylic acids is 1. The predicted molar refractivity (Wildman–Crippen MR) is 81.2 cm³/mol. The van der Waals surface area contributed by atoms with Gasteiger partial charge in [-0.05, 0) is 29.7 Å². The van der Waals surface area contributed by atoms with E-state index in [9.17, 15) is 4.79 Å². The van der Waals surface area contributed by atoms with E-state index in [1.54, 1.807) is 4.90 Å². The van der Waals surface area contributed by atoms with Crippen LogP contribution in [0.3, 0.4) is 0 Å². The Hall–Kier alpha value is -2.29. The van der Waals surface area contributed by atoms with Gasteiger partial charge in [-0.15, -0.1) is 0 Å². The van der Waals surface area contributed by atoms with Crippen LogP contribution in [0.5, 0.6) is 0 Å². The van der Waals surface area contributed by atoms with Crippen LogP contribution < -0.4 is 4.90 Å². The van der Waals surface area contributed by atoms with Crippen molar-refractivity contribution in [3.8, 4) is 0 Å². The summed E-state index contributed by atoms with van der Waals surface area (Å²) in [6.45, 7) is 0. The van der Waals surface area contributed by atoms with E-state index in [-0.39, 0.29) is 6.04 Å². The molecule has 3 rings (SSSR count). The summed E-state index contributed by atoms with van der Waals surface area (Å²) in [5.74, 6) is 0. The van der Waals surface area contributed by atoms with E-state index in [0.717, 1.165) is 18.5 Å². The second-order valence-corrected chi connectivity index (χ2v) is 5.24. The summed E-state index contributed by atoms with van der Waals surface area (Å²) in [4.78, 5) is 15.2. The van der Waals surface area contributed by atoms with Crippen molar-refractivity contribution < 1.29 is 4.79 Å². The van der Waals surface area contributed by atoms with E-state index < -0.39 is 0 Å². The van der Waals surface area contributed by atoms with Gasteiger partial charge in [0, 0.05) is 25.5 Å². The molecule has 0 saturated heterocycles. The maximum atomic E-state index is 11.2. The Labute approximate surface area is 119 Å². The minimum Gasteiger partial charge on any atom is -0.344 e. The molecular formula is C17H18N2O. The van der Waals surface area contributed by atoms with Gasteiger partial charge in [0.15, 0.2) is 0 Å². The number of para-hydroxylation sites is 2. The van der Waals surface area contributed by atoms with Gasteiger partial charge in [-0.3, -0.25) is 4.79 Å². The number of likely N-dealkylation sites (N-methyl/N-ethyl adjacent to an activating group) is 1. The van der Waals surface area contributed by atoms with Crippen molar-refractivity contribution in [2.45, 2.75) is 12.5 Å². The molecule has 20 heavy (non-hydrogen) atoms. The van der Waals surface area contributed by atoms with Crippen molar-refractivity contribution in [2.24, 2.45) is 0 Å². The number of anilines is 2. The molecule has 3 nitrogen and oxygen atoms in total. The van der Waals surface area contributed by atoms with E-state index >= 15 is 0 Å². The third-order valence-electron chi connectivity index (χ3n) is 4.08. The molecule has 0 N–H and O–H groups in total. The maximum Gasteiger partial charge on any atom is 0.209 e. The summed E-state index contributed by atoms with van der Waals surface area (Å²) in [6.07, 6.45) is 1.75. The topological polar surface area (TPSA) is 23.6 Å². The number of hydrogen-bond acceptors (Lipinski definition) is 2. The summed E-state index contributed by atoms with van der Waals surface area (Å²) < 4.78 is 0. The van der Waals surface area contributed by atoms with Crippen LogP contribution in [0.1, 0.15) is 17.2 Å². The van der Waals surface area contributed by atoms with E-state index in [0.29, 0.717) is 0 Å². The number of fused-ring (bicyclic) bond motifs is 2. The minimum atomic E-state index is 0.0785. The van der Waals surface area contributed by atoms with Gasteiger partial charge in [0.1, 0.15) is 0 Å². The zero-order valence-electron chi connectivity index (χ0n) is 11.8. The molecule has 0 aliphatic carbocycles. The van der Waals surface area contributed by atoms with Gasteiger partial charge in [0.25, 0.3) is 0 Å². The Balaban J connectivity index is 2.20. The lowest BCUT2D eigenvalue weighted by molar-refractivity contribution is -0.118. The SMILES string of the molecule is CN1c2ccccc2CC(N(C)C=O)c2ccccc21. The van der Waals surface area contributed by atoms with Gasteiger partial charge >= 0.3 is 0 Å². The first-order chi connectivity index (χ1) is 9.72. The van der Waals surface area contributed by atoms with E-state index in [1.165, 1.54) is 16.8 Å². The average molecular weight is 266 g/mol. The van der Waals surface area contributed by atoms with Crippen molar-refractivity contribution in [3.05, 3.63) is 59.7 Å². The molecule has 0 fully saturated rings. The van der Waals surface area contributed by atoms with Crippen LogP contribution in [0, 0.1) is 0 Å². The molecule has 3 heteroatoms. The number of hydrogen-bond donors (Lipinski definition) is 0. The van der Waals surface area contributed by atoms with Crippen LogP contribution in [0.15, 0.2) is 48.5 Å². The van der Waals surface area contributed by atoms with Gasteiger partial charge in [-0.1, -0.05) is 36.4 Å². The highest BCUT2D eigenvalue weighted by Crippen LogP contribution is 2.40. The number of carbonyl (C=O) groups is 1. The molecular weight excluding hydrogens is 248 g/mol. The lowest BCUT2D eigenvalue weighted by atomic mass is 9.98. The first-order valence-corrected chi connectivity index (χ1v) is 6.80. The van der Waals surface area contributed by atoms with Crippen molar-refractivity contribution in [1.82, 2.24) is 4.90 Å². The van der Waals surface area contributed by atoms with Crippen molar-refractivity contribution >= 4 is 17.8 Å². The molecule has 0 radical (unpaired) electrons. The average Bonchev–Trinajstić information content (AvgIpc) is 2.63. The molecule has 1 aliphatic heterocycles. The molecule has 102 valence electrons. The van der Waals surface area contributed by atoms with Crippen LogP contribution in [0.4, 0.5) is 11.4 Å². The zero-order chi connectivity index (χ0) is 14.1. The highest BCUT2D eigenvalue weighted by Gasteiger charge is 2.26. The lowest BCUT2D eigenvalue weighted by Crippen LogP contribution is -2.24. The van der Waals surface area contributed by atoms with Crippen LogP contribution >= 0.6 is 0 Å². The maximum absolute atomic E-state index is 11.2. The number of benzene rings is 2. The van der Waals surface area contributed by atoms with Crippen molar-refractivity contribution in [3.63, 3.8) is 0 Å². The van der Waals surface area contributed by atoms with Crippen LogP contribution in [0.25, 0.3) is 0 Å². The molecule has 2 aromatic rings. The largest absolute Gasteiger partial charge is 0.344 e. The molecule has 1 heterocycles.